The lowest BCUT2D eigenvalue weighted by Crippen LogP contribution is -2.23. The van der Waals surface area contributed by atoms with E-state index in [9.17, 15) is 0 Å². The fraction of sp³-hybridized carbons (Fsp3) is 0.292. The minimum absolute atomic E-state index is 0.472. The highest BCUT2D eigenvalue weighted by Gasteiger charge is 2.15. The zero-order chi connectivity index (χ0) is 21.0. The number of aromatic nitrogens is 4. The first kappa shape index (κ1) is 19.6. The summed E-state index contributed by atoms with van der Waals surface area (Å²) in [6.07, 6.45) is 9.71. The van der Waals surface area contributed by atoms with Crippen LogP contribution < -0.4 is 16.1 Å². The van der Waals surface area contributed by atoms with Crippen LogP contribution in [0.3, 0.4) is 0 Å². The molecule has 31 heavy (non-hydrogen) atoms. The summed E-state index contributed by atoms with van der Waals surface area (Å²) in [5.74, 6) is 1.72. The number of fused-ring (bicyclic) bond motifs is 1. The minimum Gasteiger partial charge on any atom is -0.367 e. The van der Waals surface area contributed by atoms with Gasteiger partial charge in [0, 0.05) is 36.6 Å². The maximum absolute atomic E-state index is 6.12. The molecule has 1 saturated carbocycles. The van der Waals surface area contributed by atoms with E-state index in [4.69, 9.17) is 12.8 Å². The van der Waals surface area contributed by atoms with Crippen molar-refractivity contribution in [2.75, 3.05) is 10.6 Å². The molecular weight excluding hydrogens is 383 g/mol. The Hall–Kier alpha value is -3.35. The van der Waals surface area contributed by atoms with Crippen LogP contribution in [0.25, 0.3) is 16.9 Å². The lowest BCUT2D eigenvalue weighted by atomic mass is 9.95. The quantitative estimate of drug-likeness (QED) is 0.473. The number of hydrogen-bond acceptors (Lipinski definition) is 5. The molecule has 0 atom stereocenters. The van der Waals surface area contributed by atoms with E-state index in [1.165, 1.54) is 37.7 Å². The Kier molecular flexibility index (Phi) is 5.56. The molecule has 1 fully saturated rings. The molecule has 6 nitrogen and oxygen atoms in total. The summed E-state index contributed by atoms with van der Waals surface area (Å²) in [5.41, 5.74) is 4.51. The second-order valence-corrected chi connectivity index (χ2v) is 8.11. The summed E-state index contributed by atoms with van der Waals surface area (Å²) < 4.78 is 1.77. The zero-order valence-electron chi connectivity index (χ0n) is 17.5. The summed E-state index contributed by atoms with van der Waals surface area (Å²) in [6.45, 7) is 0.671. The second kappa shape index (κ2) is 8.80. The molecule has 0 bridgehead atoms. The summed E-state index contributed by atoms with van der Waals surface area (Å²) in [5, 5.41) is 11.5. The van der Waals surface area contributed by atoms with Crippen LogP contribution in [0.1, 0.15) is 37.7 Å². The van der Waals surface area contributed by atoms with Gasteiger partial charge < -0.3 is 10.6 Å². The van der Waals surface area contributed by atoms with Gasteiger partial charge in [-0.3, -0.25) is 4.98 Å². The maximum Gasteiger partial charge on any atom is 0.152 e. The van der Waals surface area contributed by atoms with Crippen LogP contribution in [-0.4, -0.2) is 33.5 Å². The molecular formula is C24H25BN6. The normalized spacial score (nSPS) is 14.6. The number of pyridine rings is 1. The molecule has 2 radical (unpaired) electrons. The van der Waals surface area contributed by atoms with Gasteiger partial charge in [0.15, 0.2) is 5.65 Å². The van der Waals surface area contributed by atoms with Gasteiger partial charge in [-0.25, -0.2) is 4.98 Å². The lowest BCUT2D eigenvalue weighted by Gasteiger charge is -2.23. The first-order valence-corrected chi connectivity index (χ1v) is 10.9. The Morgan fingerprint density at radius 1 is 1.03 bits per heavy atom. The van der Waals surface area contributed by atoms with Crippen molar-refractivity contribution in [2.24, 2.45) is 0 Å². The molecule has 1 aliphatic rings. The average Bonchev–Trinajstić information content (AvgIpc) is 3.20. The topological polar surface area (TPSA) is 67.1 Å². The van der Waals surface area contributed by atoms with Crippen molar-refractivity contribution in [3.8, 4) is 11.3 Å². The summed E-state index contributed by atoms with van der Waals surface area (Å²) in [7, 11) is 6.12. The van der Waals surface area contributed by atoms with Crippen LogP contribution >= 0.6 is 0 Å². The monoisotopic (exact) mass is 408 g/mol. The van der Waals surface area contributed by atoms with Gasteiger partial charge in [-0.15, -0.1) is 0 Å². The van der Waals surface area contributed by atoms with Crippen molar-refractivity contribution in [3.05, 3.63) is 66.5 Å². The summed E-state index contributed by atoms with van der Waals surface area (Å²) in [6, 6.07) is 16.9. The molecule has 2 N–H and O–H groups in total. The fourth-order valence-corrected chi connectivity index (χ4v) is 4.16. The molecule has 7 heteroatoms. The van der Waals surface area contributed by atoms with Gasteiger partial charge in [0.2, 0.25) is 0 Å². The number of hydrogen-bond donors (Lipinski definition) is 2. The Bertz CT molecular complexity index is 1150. The van der Waals surface area contributed by atoms with E-state index in [1.54, 1.807) is 10.7 Å². The summed E-state index contributed by atoms with van der Waals surface area (Å²) in [4.78, 5) is 9.12. The van der Waals surface area contributed by atoms with Gasteiger partial charge in [0.05, 0.1) is 5.69 Å². The molecule has 1 aromatic carbocycles. The number of anilines is 2. The average molecular weight is 408 g/mol. The third-order valence-electron chi connectivity index (χ3n) is 5.84. The molecule has 3 heterocycles. The molecule has 3 aromatic heterocycles. The highest BCUT2D eigenvalue weighted by atomic mass is 15.3. The predicted octanol–water partition coefficient (Wildman–Crippen LogP) is 3.94. The van der Waals surface area contributed by atoms with Gasteiger partial charge in [0.1, 0.15) is 19.5 Å². The van der Waals surface area contributed by atoms with E-state index >= 15 is 0 Å². The van der Waals surface area contributed by atoms with Gasteiger partial charge >= 0.3 is 0 Å². The highest BCUT2D eigenvalue weighted by molar-refractivity contribution is 6.36. The molecule has 1 aliphatic carbocycles. The number of nitrogens with one attached hydrogen (secondary N) is 2. The largest absolute Gasteiger partial charge is 0.367 e. The van der Waals surface area contributed by atoms with E-state index in [-0.39, 0.29) is 0 Å². The van der Waals surface area contributed by atoms with Crippen molar-refractivity contribution in [2.45, 2.75) is 44.7 Å². The van der Waals surface area contributed by atoms with E-state index < -0.39 is 0 Å². The number of nitrogens with zero attached hydrogens (tertiary/aromatic N) is 4. The highest BCUT2D eigenvalue weighted by Crippen LogP contribution is 2.23. The maximum atomic E-state index is 6.12. The van der Waals surface area contributed by atoms with Gasteiger partial charge in [-0.2, -0.15) is 9.61 Å². The molecule has 0 spiro atoms. The Labute approximate surface area is 183 Å². The molecule has 5 rings (SSSR count). The molecule has 4 aromatic rings. The molecule has 0 amide bonds. The van der Waals surface area contributed by atoms with Gasteiger partial charge in [-0.1, -0.05) is 49.6 Å². The van der Waals surface area contributed by atoms with Crippen LogP contribution in [0.15, 0.2) is 60.9 Å². The smallest absolute Gasteiger partial charge is 0.152 e. The predicted molar refractivity (Wildman–Crippen MR) is 126 cm³/mol. The Morgan fingerprint density at radius 2 is 1.87 bits per heavy atom. The minimum atomic E-state index is 0.472. The number of benzene rings is 1. The first-order chi connectivity index (χ1) is 15.3. The summed E-state index contributed by atoms with van der Waals surface area (Å²) >= 11 is 0. The van der Waals surface area contributed by atoms with Crippen molar-refractivity contribution in [1.82, 2.24) is 19.6 Å². The lowest BCUT2D eigenvalue weighted by molar-refractivity contribution is 0.462. The van der Waals surface area contributed by atoms with Crippen molar-refractivity contribution >= 4 is 30.6 Å². The van der Waals surface area contributed by atoms with Crippen LogP contribution in [0.2, 0.25) is 0 Å². The van der Waals surface area contributed by atoms with Gasteiger partial charge in [0.25, 0.3) is 0 Å². The van der Waals surface area contributed by atoms with Crippen molar-refractivity contribution in [3.63, 3.8) is 0 Å². The van der Waals surface area contributed by atoms with E-state index in [1.807, 2.05) is 30.5 Å². The number of rotatable bonds is 6. The molecule has 0 saturated heterocycles. The zero-order valence-corrected chi connectivity index (χ0v) is 17.5. The third kappa shape index (κ3) is 4.40. The Morgan fingerprint density at radius 3 is 2.65 bits per heavy atom. The van der Waals surface area contributed by atoms with E-state index in [0.29, 0.717) is 23.7 Å². The molecule has 0 unspecified atom stereocenters. The fourth-order valence-electron chi connectivity index (χ4n) is 4.16. The van der Waals surface area contributed by atoms with Crippen LogP contribution in [0, 0.1) is 0 Å². The van der Waals surface area contributed by atoms with Gasteiger partial charge in [-0.05, 0) is 36.0 Å². The second-order valence-electron chi connectivity index (χ2n) is 8.11. The van der Waals surface area contributed by atoms with E-state index in [0.717, 1.165) is 22.9 Å². The Balaban J connectivity index is 1.34. The van der Waals surface area contributed by atoms with Crippen molar-refractivity contribution in [1.29, 1.82) is 0 Å². The first-order valence-electron chi connectivity index (χ1n) is 10.9. The molecule has 154 valence electrons. The molecule has 0 aliphatic heterocycles. The third-order valence-corrected chi connectivity index (χ3v) is 5.84. The standard InChI is InChI=1S/C24H25BN6/c25-20-16-28-31-23(14-22(30-24(20)31)29-19-6-2-1-3-7-19)27-15-17-9-11-18(12-10-17)21-8-4-5-13-26-21/h4-5,8-14,16,19,27H,1-3,6-7,15H2,(H,29,30). The SMILES string of the molecule is [B]c1cnn2c(NCc3ccc(-c4ccccn4)cc3)cc(NC3CCCCC3)nc12. The van der Waals surface area contributed by atoms with Crippen LogP contribution in [0.4, 0.5) is 11.6 Å². The van der Waals surface area contributed by atoms with E-state index in [2.05, 4.69) is 45.0 Å². The van der Waals surface area contributed by atoms with Crippen molar-refractivity contribution < 1.29 is 0 Å². The van der Waals surface area contributed by atoms with Crippen LogP contribution in [0.5, 0.6) is 0 Å². The van der Waals surface area contributed by atoms with Crippen LogP contribution in [-0.2, 0) is 6.54 Å².